The van der Waals surface area contributed by atoms with Crippen molar-refractivity contribution in [3.63, 3.8) is 0 Å². The lowest BCUT2D eigenvalue weighted by molar-refractivity contribution is -0.138. The summed E-state index contributed by atoms with van der Waals surface area (Å²) in [6.45, 7) is 4.82. The van der Waals surface area contributed by atoms with Crippen molar-refractivity contribution >= 4 is 23.6 Å². The van der Waals surface area contributed by atoms with Crippen LogP contribution in [0.3, 0.4) is 0 Å². The van der Waals surface area contributed by atoms with Crippen LogP contribution >= 0.6 is 11.6 Å². The highest BCUT2D eigenvalue weighted by atomic mass is 35.5. The number of amides is 2. The van der Waals surface area contributed by atoms with Crippen LogP contribution in [-0.2, 0) is 4.79 Å². The lowest BCUT2D eigenvalue weighted by Gasteiger charge is -2.09. The number of carbonyl (C=O) groups is 2. The van der Waals surface area contributed by atoms with E-state index in [1.807, 2.05) is 0 Å². The highest BCUT2D eigenvalue weighted by Gasteiger charge is 2.12. The minimum atomic E-state index is -1.10. The first-order chi connectivity index (χ1) is 5.93. The first-order valence-corrected chi connectivity index (χ1v) is 3.91. The Balaban J connectivity index is 3.74. The van der Waals surface area contributed by atoms with E-state index in [0.29, 0.717) is 0 Å². The smallest absolute Gasteiger partial charge is 0.325 e. The summed E-state index contributed by atoms with van der Waals surface area (Å²) in [5, 5.41) is 13.2. The van der Waals surface area contributed by atoms with Crippen molar-refractivity contribution in [1.29, 1.82) is 0 Å². The van der Waals surface area contributed by atoms with E-state index < -0.39 is 18.0 Å². The number of urea groups is 1. The zero-order chi connectivity index (χ0) is 10.4. The highest BCUT2D eigenvalue weighted by molar-refractivity contribution is 6.29. The Morgan fingerprint density at radius 3 is 2.54 bits per heavy atom. The number of hydrogen-bond donors (Lipinski definition) is 3. The lowest BCUT2D eigenvalue weighted by Crippen LogP contribution is -2.44. The summed E-state index contributed by atoms with van der Waals surface area (Å²) in [5.41, 5.74) is 0. The van der Waals surface area contributed by atoms with Crippen molar-refractivity contribution in [3.05, 3.63) is 11.6 Å². The number of carboxylic acids is 1. The minimum absolute atomic E-state index is 0.111. The van der Waals surface area contributed by atoms with Crippen molar-refractivity contribution < 1.29 is 14.7 Å². The first-order valence-electron chi connectivity index (χ1n) is 3.54. The molecule has 74 valence electrons. The van der Waals surface area contributed by atoms with E-state index in [-0.39, 0.29) is 11.6 Å². The molecular formula is C7H11ClN2O3. The maximum atomic E-state index is 10.9. The van der Waals surface area contributed by atoms with Crippen LogP contribution in [0.1, 0.15) is 6.92 Å². The molecule has 0 rings (SSSR count). The molecule has 0 spiro atoms. The van der Waals surface area contributed by atoms with E-state index in [1.165, 1.54) is 6.92 Å². The molecule has 0 radical (unpaired) electrons. The van der Waals surface area contributed by atoms with E-state index >= 15 is 0 Å². The zero-order valence-electron chi connectivity index (χ0n) is 7.13. The molecule has 1 atom stereocenters. The maximum absolute atomic E-state index is 10.9. The molecule has 0 aliphatic rings. The zero-order valence-corrected chi connectivity index (χ0v) is 7.89. The van der Waals surface area contributed by atoms with E-state index in [1.54, 1.807) is 0 Å². The molecule has 0 aromatic rings. The van der Waals surface area contributed by atoms with Crippen LogP contribution in [0.2, 0.25) is 0 Å². The molecule has 0 fully saturated rings. The van der Waals surface area contributed by atoms with Crippen LogP contribution in [0.5, 0.6) is 0 Å². The molecule has 0 saturated heterocycles. The Hall–Kier alpha value is -1.23. The van der Waals surface area contributed by atoms with Crippen molar-refractivity contribution in [1.82, 2.24) is 10.6 Å². The van der Waals surface area contributed by atoms with Gasteiger partial charge in [-0.25, -0.2) is 4.79 Å². The van der Waals surface area contributed by atoms with Crippen molar-refractivity contribution in [2.45, 2.75) is 13.0 Å². The SMILES string of the molecule is C=C(Cl)CNC(=O)NC(C)C(=O)O. The quantitative estimate of drug-likeness (QED) is 0.627. The fraction of sp³-hybridized carbons (Fsp3) is 0.429. The van der Waals surface area contributed by atoms with Gasteiger partial charge >= 0.3 is 12.0 Å². The predicted molar refractivity (Wildman–Crippen MR) is 48.6 cm³/mol. The Kier molecular flexibility index (Phi) is 4.91. The molecule has 0 bridgehead atoms. The Bertz CT molecular complexity index is 230. The number of rotatable bonds is 4. The van der Waals surface area contributed by atoms with Crippen molar-refractivity contribution in [2.75, 3.05) is 6.54 Å². The van der Waals surface area contributed by atoms with Gasteiger partial charge in [0.2, 0.25) is 0 Å². The van der Waals surface area contributed by atoms with Gasteiger partial charge < -0.3 is 15.7 Å². The van der Waals surface area contributed by atoms with Gasteiger partial charge in [0.25, 0.3) is 0 Å². The molecule has 0 aliphatic heterocycles. The molecule has 6 heteroatoms. The minimum Gasteiger partial charge on any atom is -0.480 e. The summed E-state index contributed by atoms with van der Waals surface area (Å²) in [5.74, 6) is -1.10. The molecular weight excluding hydrogens is 196 g/mol. The van der Waals surface area contributed by atoms with Crippen LogP contribution in [0.15, 0.2) is 11.6 Å². The third-order valence-corrected chi connectivity index (χ3v) is 1.29. The fourth-order valence-electron chi connectivity index (χ4n) is 0.486. The summed E-state index contributed by atoms with van der Waals surface area (Å²) < 4.78 is 0. The Morgan fingerprint density at radius 2 is 2.15 bits per heavy atom. The molecule has 3 N–H and O–H groups in total. The predicted octanol–water partition coefficient (Wildman–Crippen LogP) is 0.511. The van der Waals surface area contributed by atoms with Gasteiger partial charge in [-0.05, 0) is 6.92 Å². The average Bonchev–Trinajstić information content (AvgIpc) is 2.00. The van der Waals surface area contributed by atoms with Gasteiger partial charge in [-0.15, -0.1) is 0 Å². The summed E-state index contributed by atoms with van der Waals surface area (Å²) in [4.78, 5) is 21.2. The number of hydrogen-bond acceptors (Lipinski definition) is 2. The summed E-state index contributed by atoms with van der Waals surface area (Å²) in [6, 6.07) is -1.51. The Morgan fingerprint density at radius 1 is 1.62 bits per heavy atom. The molecule has 0 aromatic heterocycles. The second kappa shape index (κ2) is 5.42. The number of nitrogens with one attached hydrogen (secondary N) is 2. The van der Waals surface area contributed by atoms with Gasteiger partial charge in [-0.3, -0.25) is 4.79 Å². The number of aliphatic carboxylic acids is 1. The van der Waals surface area contributed by atoms with Crippen LogP contribution in [0.25, 0.3) is 0 Å². The monoisotopic (exact) mass is 206 g/mol. The van der Waals surface area contributed by atoms with Gasteiger partial charge in [-0.2, -0.15) is 0 Å². The topological polar surface area (TPSA) is 78.4 Å². The first kappa shape index (κ1) is 11.8. The standard InChI is InChI=1S/C7H11ClN2O3/c1-4(8)3-9-7(13)10-5(2)6(11)12/h5H,1,3H2,2H3,(H,11,12)(H2,9,10,13). The van der Waals surface area contributed by atoms with Crippen LogP contribution < -0.4 is 10.6 Å². The molecule has 0 saturated carbocycles. The van der Waals surface area contributed by atoms with Gasteiger partial charge in [0, 0.05) is 5.03 Å². The molecule has 0 heterocycles. The number of carbonyl (C=O) groups excluding carboxylic acids is 1. The lowest BCUT2D eigenvalue weighted by atomic mass is 10.3. The maximum Gasteiger partial charge on any atom is 0.325 e. The number of carboxylic acid groups (broad SMARTS) is 1. The van der Waals surface area contributed by atoms with Crippen molar-refractivity contribution in [3.8, 4) is 0 Å². The van der Waals surface area contributed by atoms with E-state index in [2.05, 4.69) is 17.2 Å². The summed E-state index contributed by atoms with van der Waals surface area (Å²) in [7, 11) is 0. The largest absolute Gasteiger partial charge is 0.480 e. The van der Waals surface area contributed by atoms with Crippen LogP contribution in [0.4, 0.5) is 4.79 Å². The second-order valence-corrected chi connectivity index (χ2v) is 2.94. The fourth-order valence-corrected chi connectivity index (χ4v) is 0.552. The molecule has 0 aromatic carbocycles. The normalized spacial score (nSPS) is 11.5. The van der Waals surface area contributed by atoms with Gasteiger partial charge in [0.1, 0.15) is 6.04 Å². The van der Waals surface area contributed by atoms with E-state index in [4.69, 9.17) is 16.7 Å². The van der Waals surface area contributed by atoms with Gasteiger partial charge in [0.15, 0.2) is 0 Å². The molecule has 13 heavy (non-hydrogen) atoms. The molecule has 1 unspecified atom stereocenters. The van der Waals surface area contributed by atoms with Crippen LogP contribution in [0, 0.1) is 0 Å². The highest BCUT2D eigenvalue weighted by Crippen LogP contribution is 1.91. The molecule has 2 amide bonds. The van der Waals surface area contributed by atoms with Crippen molar-refractivity contribution in [2.24, 2.45) is 0 Å². The van der Waals surface area contributed by atoms with Crippen LogP contribution in [-0.4, -0.2) is 29.7 Å². The Labute approximate surface area is 80.8 Å². The number of halogens is 1. The third-order valence-electron chi connectivity index (χ3n) is 1.16. The van der Waals surface area contributed by atoms with E-state index in [0.717, 1.165) is 0 Å². The van der Waals surface area contributed by atoms with Gasteiger partial charge in [0.05, 0.1) is 6.54 Å². The third kappa shape index (κ3) is 5.98. The summed E-state index contributed by atoms with van der Waals surface area (Å²) in [6.07, 6.45) is 0. The van der Waals surface area contributed by atoms with Gasteiger partial charge in [-0.1, -0.05) is 18.2 Å². The molecule has 5 nitrogen and oxygen atoms in total. The summed E-state index contributed by atoms with van der Waals surface area (Å²) >= 11 is 5.37. The van der Waals surface area contributed by atoms with E-state index in [9.17, 15) is 9.59 Å². The average molecular weight is 207 g/mol. The second-order valence-electron chi connectivity index (χ2n) is 2.40. The molecule has 0 aliphatic carbocycles.